The Labute approximate surface area is 141 Å². The highest BCUT2D eigenvalue weighted by atomic mass is 35.5. The molecule has 0 bridgehead atoms. The van der Waals surface area contributed by atoms with Gasteiger partial charge in [0.05, 0.1) is 29.3 Å². The number of H-pyrrole nitrogens is 1. The second-order valence-electron chi connectivity index (χ2n) is 5.13. The van der Waals surface area contributed by atoms with Gasteiger partial charge in [0.2, 0.25) is 0 Å². The highest BCUT2D eigenvalue weighted by Crippen LogP contribution is 2.16. The molecule has 1 aliphatic rings. The van der Waals surface area contributed by atoms with Gasteiger partial charge in [0, 0.05) is 11.5 Å². The standard InChI is InChI=1S/C17H13ClN2O4/c1-24-16(22)10-5-8-13-14(9-10)19-17(23)20(15(13)21)12-4-2-3-11(18)6-7-12/h2,4-9H,3H2,1H3,(H,19,23). The van der Waals surface area contributed by atoms with E-state index in [1.165, 1.54) is 25.3 Å². The average molecular weight is 345 g/mol. The first-order valence-electron chi connectivity index (χ1n) is 7.12. The number of carbonyl (C=O) groups is 1. The molecule has 2 aromatic rings. The van der Waals surface area contributed by atoms with Crippen molar-refractivity contribution in [2.75, 3.05) is 7.11 Å². The van der Waals surface area contributed by atoms with Gasteiger partial charge in [-0.05, 0) is 36.4 Å². The molecule has 0 unspecified atom stereocenters. The molecule has 6 nitrogen and oxygen atoms in total. The Morgan fingerprint density at radius 3 is 2.83 bits per heavy atom. The zero-order chi connectivity index (χ0) is 17.3. The van der Waals surface area contributed by atoms with E-state index in [0.717, 1.165) is 4.57 Å². The maximum absolute atomic E-state index is 12.7. The van der Waals surface area contributed by atoms with E-state index in [-0.39, 0.29) is 16.5 Å². The van der Waals surface area contributed by atoms with Crippen LogP contribution in [-0.4, -0.2) is 22.6 Å². The van der Waals surface area contributed by atoms with Gasteiger partial charge in [0.1, 0.15) is 0 Å². The van der Waals surface area contributed by atoms with Gasteiger partial charge in [0.25, 0.3) is 5.56 Å². The van der Waals surface area contributed by atoms with Crippen LogP contribution in [-0.2, 0) is 4.74 Å². The second-order valence-corrected chi connectivity index (χ2v) is 5.62. The van der Waals surface area contributed by atoms with Gasteiger partial charge in [0.15, 0.2) is 0 Å². The van der Waals surface area contributed by atoms with Crippen LogP contribution in [0.25, 0.3) is 16.6 Å². The van der Waals surface area contributed by atoms with Crippen LogP contribution in [0.1, 0.15) is 16.8 Å². The molecule has 0 aliphatic heterocycles. The predicted molar refractivity (Wildman–Crippen MR) is 92.1 cm³/mol. The number of fused-ring (bicyclic) bond motifs is 1. The summed E-state index contributed by atoms with van der Waals surface area (Å²) < 4.78 is 5.67. The summed E-state index contributed by atoms with van der Waals surface area (Å²) in [6.45, 7) is 0. The molecule has 1 heterocycles. The van der Waals surface area contributed by atoms with Gasteiger partial charge < -0.3 is 9.72 Å². The fourth-order valence-electron chi connectivity index (χ4n) is 2.44. The number of hydrogen-bond acceptors (Lipinski definition) is 4. The SMILES string of the molecule is COC(=O)c1ccc2c(=O)n(C3=CC=C(Cl)CC=C3)c(=O)[nH]c2c1. The number of nitrogens with one attached hydrogen (secondary N) is 1. The van der Waals surface area contributed by atoms with Crippen LogP contribution in [0.4, 0.5) is 0 Å². The zero-order valence-electron chi connectivity index (χ0n) is 12.7. The Balaban J connectivity index is 2.24. The molecule has 1 aliphatic carbocycles. The van der Waals surface area contributed by atoms with Gasteiger partial charge in [-0.25, -0.2) is 14.2 Å². The van der Waals surface area contributed by atoms with E-state index in [9.17, 15) is 14.4 Å². The first-order chi connectivity index (χ1) is 11.5. The molecule has 24 heavy (non-hydrogen) atoms. The number of halogens is 1. The van der Waals surface area contributed by atoms with Crippen molar-refractivity contribution in [2.24, 2.45) is 0 Å². The summed E-state index contributed by atoms with van der Waals surface area (Å²) >= 11 is 5.96. The fourth-order valence-corrected chi connectivity index (χ4v) is 2.59. The van der Waals surface area contributed by atoms with Crippen molar-refractivity contribution < 1.29 is 9.53 Å². The number of rotatable bonds is 2. The maximum Gasteiger partial charge on any atom is 0.337 e. The molecular weight excluding hydrogens is 332 g/mol. The molecule has 1 N–H and O–H groups in total. The van der Waals surface area contributed by atoms with Crippen LogP contribution in [0.15, 0.2) is 57.1 Å². The minimum absolute atomic E-state index is 0.251. The van der Waals surface area contributed by atoms with E-state index < -0.39 is 17.2 Å². The number of nitrogens with zero attached hydrogens (tertiary/aromatic N) is 1. The van der Waals surface area contributed by atoms with Gasteiger partial charge in [-0.3, -0.25) is 4.79 Å². The summed E-state index contributed by atoms with van der Waals surface area (Å²) in [6, 6.07) is 4.38. The highest BCUT2D eigenvalue weighted by molar-refractivity contribution is 6.29. The topological polar surface area (TPSA) is 81.2 Å². The first-order valence-corrected chi connectivity index (χ1v) is 7.50. The maximum atomic E-state index is 12.7. The van der Waals surface area contributed by atoms with E-state index in [4.69, 9.17) is 11.6 Å². The van der Waals surface area contributed by atoms with Crippen molar-refractivity contribution in [3.63, 3.8) is 0 Å². The number of allylic oxidation sites excluding steroid dienone is 6. The monoisotopic (exact) mass is 344 g/mol. The van der Waals surface area contributed by atoms with Crippen LogP contribution in [0.3, 0.4) is 0 Å². The minimum Gasteiger partial charge on any atom is -0.465 e. The van der Waals surface area contributed by atoms with E-state index in [2.05, 4.69) is 9.72 Å². The Bertz CT molecular complexity index is 1040. The Morgan fingerprint density at radius 2 is 2.08 bits per heavy atom. The number of hydrogen-bond donors (Lipinski definition) is 1. The molecule has 7 heteroatoms. The summed E-state index contributed by atoms with van der Waals surface area (Å²) in [5, 5.41) is 0.894. The third kappa shape index (κ3) is 2.83. The fraction of sp³-hybridized carbons (Fsp3) is 0.118. The normalized spacial score (nSPS) is 14.1. The van der Waals surface area contributed by atoms with Crippen molar-refractivity contribution in [2.45, 2.75) is 6.42 Å². The van der Waals surface area contributed by atoms with Gasteiger partial charge >= 0.3 is 11.7 Å². The van der Waals surface area contributed by atoms with Gasteiger partial charge in [-0.15, -0.1) is 0 Å². The zero-order valence-corrected chi connectivity index (χ0v) is 13.5. The average Bonchev–Trinajstić information content (AvgIpc) is 2.78. The Kier molecular flexibility index (Phi) is 4.22. The van der Waals surface area contributed by atoms with Crippen LogP contribution in [0.2, 0.25) is 0 Å². The molecule has 0 atom stereocenters. The molecule has 1 aromatic carbocycles. The number of benzene rings is 1. The summed E-state index contributed by atoms with van der Waals surface area (Å²) in [7, 11) is 1.26. The van der Waals surface area contributed by atoms with E-state index >= 15 is 0 Å². The number of ether oxygens (including phenoxy) is 1. The summed E-state index contributed by atoms with van der Waals surface area (Å²) in [6.07, 6.45) is 7.22. The van der Waals surface area contributed by atoms with Crippen LogP contribution in [0, 0.1) is 0 Å². The molecule has 3 rings (SSSR count). The largest absolute Gasteiger partial charge is 0.465 e. The lowest BCUT2D eigenvalue weighted by Crippen LogP contribution is -2.34. The summed E-state index contributed by atoms with van der Waals surface area (Å²) in [5.41, 5.74) is -0.141. The number of aromatic amines is 1. The number of aromatic nitrogens is 2. The molecule has 0 amide bonds. The van der Waals surface area contributed by atoms with Crippen molar-refractivity contribution >= 4 is 34.2 Å². The number of esters is 1. The van der Waals surface area contributed by atoms with Crippen molar-refractivity contribution in [1.82, 2.24) is 9.55 Å². The van der Waals surface area contributed by atoms with E-state index in [1.54, 1.807) is 24.3 Å². The number of methoxy groups -OCH3 is 1. The third-order valence-electron chi connectivity index (χ3n) is 3.61. The Morgan fingerprint density at radius 1 is 1.29 bits per heavy atom. The lowest BCUT2D eigenvalue weighted by molar-refractivity contribution is 0.0601. The van der Waals surface area contributed by atoms with Crippen molar-refractivity contribution in [3.05, 3.63) is 73.9 Å². The van der Waals surface area contributed by atoms with Crippen LogP contribution >= 0.6 is 11.6 Å². The van der Waals surface area contributed by atoms with Crippen LogP contribution in [0.5, 0.6) is 0 Å². The molecule has 0 fully saturated rings. The molecule has 122 valence electrons. The summed E-state index contributed by atoms with van der Waals surface area (Å²) in [5.74, 6) is -0.545. The summed E-state index contributed by atoms with van der Waals surface area (Å²) in [4.78, 5) is 39.2. The predicted octanol–water partition coefficient (Wildman–Crippen LogP) is 2.40. The molecule has 0 spiro atoms. The highest BCUT2D eigenvalue weighted by Gasteiger charge is 2.13. The smallest absolute Gasteiger partial charge is 0.337 e. The van der Waals surface area contributed by atoms with Crippen LogP contribution < -0.4 is 11.2 Å². The van der Waals surface area contributed by atoms with Gasteiger partial charge in [-0.1, -0.05) is 17.7 Å². The molecule has 0 radical (unpaired) electrons. The first kappa shape index (κ1) is 16.0. The quantitative estimate of drug-likeness (QED) is 0.848. The number of carbonyl (C=O) groups excluding carboxylic acids is 1. The molecule has 1 aromatic heterocycles. The van der Waals surface area contributed by atoms with Crippen molar-refractivity contribution in [3.8, 4) is 0 Å². The molecule has 0 saturated heterocycles. The van der Waals surface area contributed by atoms with Gasteiger partial charge in [-0.2, -0.15) is 0 Å². The van der Waals surface area contributed by atoms with E-state index in [1.807, 2.05) is 0 Å². The lowest BCUT2D eigenvalue weighted by Gasteiger charge is -2.07. The second kappa shape index (κ2) is 6.33. The third-order valence-corrected chi connectivity index (χ3v) is 3.89. The van der Waals surface area contributed by atoms with Crippen molar-refractivity contribution in [1.29, 1.82) is 0 Å². The molecular formula is C17H13ClN2O4. The van der Waals surface area contributed by atoms with E-state index in [0.29, 0.717) is 17.2 Å². The minimum atomic E-state index is -0.600. The molecule has 0 saturated carbocycles. The Hall–Kier alpha value is -2.86. The lowest BCUT2D eigenvalue weighted by atomic mass is 10.1.